The number of nitrogens with one attached hydrogen (secondary N) is 1. The van der Waals surface area contributed by atoms with Crippen LogP contribution in [0.2, 0.25) is 0 Å². The highest BCUT2D eigenvalue weighted by Crippen LogP contribution is 2.40. The minimum absolute atomic E-state index is 0.144. The molecule has 0 aromatic carbocycles. The molecule has 1 saturated heterocycles. The number of primary amides is 1. The van der Waals surface area contributed by atoms with Crippen molar-refractivity contribution in [2.24, 2.45) is 10.9 Å². The van der Waals surface area contributed by atoms with Gasteiger partial charge in [-0.1, -0.05) is 11.2 Å². The summed E-state index contributed by atoms with van der Waals surface area (Å²) in [4.78, 5) is 57.6. The molecule has 2 atom stereocenters. The van der Waals surface area contributed by atoms with Gasteiger partial charge in [0.05, 0.1) is 0 Å². The number of nitrogens with two attached hydrogens (primary N) is 2. The first-order valence-electron chi connectivity index (χ1n) is 8.87. The Kier molecular flexibility index (Phi) is 6.99. The molecule has 2 aliphatic rings. The van der Waals surface area contributed by atoms with Crippen molar-refractivity contribution >= 4 is 57.8 Å². The van der Waals surface area contributed by atoms with Crippen molar-refractivity contribution in [3.63, 3.8) is 0 Å². The fourth-order valence-electron chi connectivity index (χ4n) is 2.99. The minimum atomic E-state index is -1.30. The number of hydrogen-bond acceptors (Lipinski definition) is 11. The van der Waals surface area contributed by atoms with E-state index < -0.39 is 35.3 Å². The Hall–Kier alpha value is -3.59. The zero-order valence-corrected chi connectivity index (χ0v) is 18.1. The van der Waals surface area contributed by atoms with Gasteiger partial charge in [0.15, 0.2) is 10.8 Å². The molecule has 2 aliphatic heterocycles. The summed E-state index contributed by atoms with van der Waals surface area (Å²) in [6, 6.07) is -0.969. The van der Waals surface area contributed by atoms with Crippen LogP contribution in [0, 0.1) is 0 Å². The van der Waals surface area contributed by atoms with Gasteiger partial charge in [-0.25, -0.2) is 14.6 Å². The van der Waals surface area contributed by atoms with Crippen LogP contribution in [-0.4, -0.2) is 75.5 Å². The third kappa shape index (κ3) is 4.67. The first-order valence-corrected chi connectivity index (χ1v) is 10.8. The number of thioether (sulfide) groups is 1. The number of nitrogens with zero attached hydrogens (tertiary/aromatic N) is 3. The molecule has 1 fully saturated rings. The number of ether oxygens (including phenoxy) is 1. The van der Waals surface area contributed by atoms with E-state index in [2.05, 4.69) is 20.2 Å². The minimum Gasteiger partial charge on any atom is -0.477 e. The molecule has 170 valence electrons. The van der Waals surface area contributed by atoms with Gasteiger partial charge in [0.1, 0.15) is 36.5 Å². The summed E-state index contributed by atoms with van der Waals surface area (Å²) in [6.07, 6.45) is 1.90. The van der Waals surface area contributed by atoms with E-state index in [9.17, 15) is 24.3 Å². The molecule has 1 aromatic heterocycles. The number of carboxylic acids is 1. The largest absolute Gasteiger partial charge is 0.477 e. The zero-order chi connectivity index (χ0) is 23.4. The molecule has 3 rings (SSSR count). The summed E-state index contributed by atoms with van der Waals surface area (Å²) in [5.74, 6) is -2.37. The van der Waals surface area contributed by atoms with Crippen LogP contribution in [0.5, 0.6) is 0 Å². The number of hydrogen-bond donors (Lipinski definition) is 4. The molecular weight excluding hydrogens is 464 g/mol. The first kappa shape index (κ1) is 23.1. The Morgan fingerprint density at radius 3 is 2.81 bits per heavy atom. The summed E-state index contributed by atoms with van der Waals surface area (Å²) >= 11 is 2.37. The second kappa shape index (κ2) is 9.69. The highest BCUT2D eigenvalue weighted by Gasteiger charge is 2.54. The third-order valence-corrected chi connectivity index (χ3v) is 6.27. The number of oxime groups is 1. The monoisotopic (exact) mass is 482 g/mol. The number of carbonyl (C=O) groups excluding carboxylic acids is 3. The van der Waals surface area contributed by atoms with Crippen molar-refractivity contribution in [1.29, 1.82) is 0 Å². The van der Waals surface area contributed by atoms with E-state index in [0.29, 0.717) is 5.57 Å². The second-order valence-corrected chi connectivity index (χ2v) is 8.26. The molecule has 0 radical (unpaired) electrons. The Bertz CT molecular complexity index is 1050. The number of β-lactam (4-membered cyclic amide) rings is 1. The number of rotatable bonds is 8. The van der Waals surface area contributed by atoms with E-state index in [1.54, 1.807) is 0 Å². The fraction of sp³-hybridized carbons (Fsp3) is 0.294. The van der Waals surface area contributed by atoms with Crippen LogP contribution in [0.3, 0.4) is 0 Å². The van der Waals surface area contributed by atoms with Crippen LogP contribution in [0.4, 0.5) is 9.93 Å². The Labute approximate surface area is 189 Å². The number of allylic oxidation sites excluding steroid dienone is 1. The molecule has 0 bridgehead atoms. The molecule has 32 heavy (non-hydrogen) atoms. The lowest BCUT2D eigenvalue weighted by Gasteiger charge is -2.49. The maximum atomic E-state index is 12.7. The van der Waals surface area contributed by atoms with Crippen molar-refractivity contribution in [3.05, 3.63) is 34.5 Å². The van der Waals surface area contributed by atoms with E-state index in [1.165, 1.54) is 36.4 Å². The molecule has 6 N–H and O–H groups in total. The van der Waals surface area contributed by atoms with Crippen molar-refractivity contribution in [3.8, 4) is 0 Å². The average Bonchev–Trinajstić information content (AvgIpc) is 3.17. The number of carbonyl (C=O) groups is 4. The van der Waals surface area contributed by atoms with Crippen LogP contribution in [0.15, 0.2) is 34.0 Å². The van der Waals surface area contributed by atoms with Gasteiger partial charge in [0, 0.05) is 11.1 Å². The maximum Gasteiger partial charge on any atom is 0.404 e. The van der Waals surface area contributed by atoms with E-state index in [1.807, 2.05) is 0 Å². The number of anilines is 1. The number of thiazole rings is 1. The lowest BCUT2D eigenvalue weighted by atomic mass is 10.0. The van der Waals surface area contributed by atoms with E-state index in [4.69, 9.17) is 16.3 Å². The molecule has 13 nitrogen and oxygen atoms in total. The van der Waals surface area contributed by atoms with Crippen LogP contribution >= 0.6 is 23.1 Å². The molecule has 3 heterocycles. The molecule has 0 saturated carbocycles. The maximum absolute atomic E-state index is 12.7. The second-order valence-electron chi connectivity index (χ2n) is 6.27. The van der Waals surface area contributed by atoms with Crippen LogP contribution in [0.25, 0.3) is 0 Å². The predicted molar refractivity (Wildman–Crippen MR) is 114 cm³/mol. The molecule has 3 amide bonds. The summed E-state index contributed by atoms with van der Waals surface area (Å²) in [6.45, 7) is -0.144. The number of aliphatic carboxylic acids is 1. The molecule has 0 aliphatic carbocycles. The molecule has 1 unspecified atom stereocenters. The Morgan fingerprint density at radius 1 is 1.47 bits per heavy atom. The van der Waals surface area contributed by atoms with E-state index >= 15 is 0 Å². The van der Waals surface area contributed by atoms with Gasteiger partial charge in [-0.15, -0.1) is 23.1 Å². The highest BCUT2D eigenvalue weighted by atomic mass is 32.2. The third-order valence-electron chi connectivity index (χ3n) is 4.29. The number of amides is 3. The SMILES string of the molecule is CO/N=C(\C(=O)NC1C(=O)N2C(C(=O)O)=C(/C=C\COC(N)=O)CS[C@H]12)c1csc(N)n1. The predicted octanol–water partition coefficient (Wildman–Crippen LogP) is -0.534. The summed E-state index contributed by atoms with van der Waals surface area (Å²) in [5.41, 5.74) is 10.6. The van der Waals surface area contributed by atoms with Crippen molar-refractivity contribution < 1.29 is 33.9 Å². The Balaban J connectivity index is 1.75. The van der Waals surface area contributed by atoms with Gasteiger partial charge >= 0.3 is 12.1 Å². The van der Waals surface area contributed by atoms with Gasteiger partial charge in [-0.2, -0.15) is 0 Å². The molecule has 15 heteroatoms. The van der Waals surface area contributed by atoms with Crippen molar-refractivity contribution in [2.75, 3.05) is 25.2 Å². The van der Waals surface area contributed by atoms with Gasteiger partial charge in [-0.05, 0) is 11.6 Å². The van der Waals surface area contributed by atoms with Crippen molar-refractivity contribution in [2.45, 2.75) is 11.4 Å². The van der Waals surface area contributed by atoms with Crippen LogP contribution < -0.4 is 16.8 Å². The van der Waals surface area contributed by atoms with Crippen LogP contribution in [-0.2, 0) is 24.0 Å². The van der Waals surface area contributed by atoms with Gasteiger partial charge in [-0.3, -0.25) is 14.5 Å². The average molecular weight is 483 g/mol. The van der Waals surface area contributed by atoms with E-state index in [0.717, 1.165) is 16.2 Å². The summed E-state index contributed by atoms with van der Waals surface area (Å²) < 4.78 is 4.57. The standard InChI is InChI=1S/C17H18N6O7S2/c1-29-22-9(8-6-32-16(18)20-8)12(24)21-10-13(25)23-11(15(26)27)7(5-31-14(10)23)3-2-4-30-17(19)28/h2-3,6,10,14H,4-5H2,1H3,(H2,18,20)(H2,19,28)(H,21,24)(H,26,27)/b3-2-,22-9-/t10?,14-/m1/s1. The van der Waals surface area contributed by atoms with E-state index in [-0.39, 0.29) is 34.6 Å². The smallest absolute Gasteiger partial charge is 0.404 e. The molecule has 1 aromatic rings. The number of aromatic nitrogens is 1. The number of fused-ring (bicyclic) bond motifs is 1. The highest BCUT2D eigenvalue weighted by molar-refractivity contribution is 8.00. The Morgan fingerprint density at radius 2 is 2.22 bits per heavy atom. The quantitative estimate of drug-likeness (QED) is 0.212. The van der Waals surface area contributed by atoms with Gasteiger partial charge in [0.25, 0.3) is 11.8 Å². The number of nitrogen functional groups attached to an aromatic ring is 1. The summed E-state index contributed by atoms with van der Waals surface area (Å²) in [5, 5.41) is 17.0. The first-order chi connectivity index (χ1) is 15.2. The normalized spacial score (nSPS) is 20.6. The lowest BCUT2D eigenvalue weighted by Crippen LogP contribution is -2.71. The number of carboxylic acid groups (broad SMARTS) is 1. The summed E-state index contributed by atoms with van der Waals surface area (Å²) in [7, 11) is 1.25. The zero-order valence-electron chi connectivity index (χ0n) is 16.5. The fourth-order valence-corrected chi connectivity index (χ4v) is 4.86. The van der Waals surface area contributed by atoms with Gasteiger partial charge < -0.3 is 31.5 Å². The molecular formula is C17H18N6O7S2. The molecule has 0 spiro atoms. The lowest BCUT2D eigenvalue weighted by molar-refractivity contribution is -0.150. The van der Waals surface area contributed by atoms with Crippen LogP contribution in [0.1, 0.15) is 5.69 Å². The van der Waals surface area contributed by atoms with Crippen molar-refractivity contribution in [1.82, 2.24) is 15.2 Å². The topological polar surface area (TPSA) is 200 Å². The van der Waals surface area contributed by atoms with Gasteiger partial charge in [0.2, 0.25) is 0 Å².